The fraction of sp³-hybridized carbons (Fsp3) is 0.364. The fourth-order valence-electron chi connectivity index (χ4n) is 3.10. The van der Waals surface area contributed by atoms with Gasteiger partial charge in [0.2, 0.25) is 0 Å². The maximum absolute atomic E-state index is 12.4. The minimum absolute atomic E-state index is 0.0131. The standard InChI is InChI=1S/C22H26N2O4/c1-15(2)16-7-9-17(10-8-16)22(26)23-12-20-13-24(21(25)14-28-20)18-5-4-6-19(11-18)27-3/h4-11,15,20H,12-14H2,1-3H3,(H,23,26). The van der Waals surface area contributed by atoms with Crippen molar-refractivity contribution in [3.8, 4) is 5.75 Å². The van der Waals surface area contributed by atoms with E-state index in [4.69, 9.17) is 9.47 Å². The average Bonchev–Trinajstić information content (AvgIpc) is 2.73. The van der Waals surface area contributed by atoms with Crippen LogP contribution in [0.3, 0.4) is 0 Å². The minimum Gasteiger partial charge on any atom is -0.497 e. The number of carbonyl (C=O) groups excluding carboxylic acids is 2. The largest absolute Gasteiger partial charge is 0.497 e. The van der Waals surface area contributed by atoms with Crippen LogP contribution < -0.4 is 15.0 Å². The molecule has 1 fully saturated rings. The summed E-state index contributed by atoms with van der Waals surface area (Å²) in [7, 11) is 1.59. The van der Waals surface area contributed by atoms with Crippen LogP contribution in [0, 0.1) is 0 Å². The molecule has 0 bridgehead atoms. The normalized spacial score (nSPS) is 16.9. The van der Waals surface area contributed by atoms with Gasteiger partial charge in [-0.05, 0) is 35.7 Å². The van der Waals surface area contributed by atoms with Gasteiger partial charge in [-0.15, -0.1) is 0 Å². The van der Waals surface area contributed by atoms with Crippen molar-refractivity contribution in [2.24, 2.45) is 0 Å². The first-order chi connectivity index (χ1) is 13.5. The van der Waals surface area contributed by atoms with E-state index in [2.05, 4.69) is 19.2 Å². The zero-order valence-corrected chi connectivity index (χ0v) is 16.5. The number of rotatable bonds is 6. The Kier molecular flexibility index (Phi) is 6.31. The molecule has 3 rings (SSSR count). The molecular formula is C22H26N2O4. The van der Waals surface area contributed by atoms with Crippen LogP contribution in [0.4, 0.5) is 5.69 Å². The van der Waals surface area contributed by atoms with Crippen molar-refractivity contribution in [2.45, 2.75) is 25.9 Å². The Morgan fingerprint density at radius 3 is 2.68 bits per heavy atom. The number of morpholine rings is 1. The van der Waals surface area contributed by atoms with Crippen LogP contribution in [0.5, 0.6) is 5.75 Å². The van der Waals surface area contributed by atoms with Crippen molar-refractivity contribution in [3.63, 3.8) is 0 Å². The van der Waals surface area contributed by atoms with Crippen molar-refractivity contribution in [1.29, 1.82) is 0 Å². The summed E-state index contributed by atoms with van der Waals surface area (Å²) in [4.78, 5) is 26.3. The maximum atomic E-state index is 12.4. The molecule has 2 amide bonds. The van der Waals surface area contributed by atoms with Gasteiger partial charge in [-0.2, -0.15) is 0 Å². The number of ether oxygens (including phenoxy) is 2. The molecule has 2 aromatic carbocycles. The molecule has 0 saturated carbocycles. The molecule has 1 aliphatic rings. The Balaban J connectivity index is 1.60. The van der Waals surface area contributed by atoms with Crippen LogP contribution >= 0.6 is 0 Å². The summed E-state index contributed by atoms with van der Waals surface area (Å²) in [5.41, 5.74) is 2.56. The van der Waals surface area contributed by atoms with E-state index in [9.17, 15) is 9.59 Å². The first kappa shape index (κ1) is 19.9. The summed E-state index contributed by atoms with van der Waals surface area (Å²) in [6.45, 7) is 4.92. The predicted octanol–water partition coefficient (Wildman–Crippen LogP) is 2.98. The smallest absolute Gasteiger partial charge is 0.253 e. The molecule has 0 aromatic heterocycles. The van der Waals surface area contributed by atoms with Gasteiger partial charge in [0, 0.05) is 23.9 Å². The molecule has 0 aliphatic carbocycles. The zero-order valence-electron chi connectivity index (χ0n) is 16.5. The van der Waals surface area contributed by atoms with Gasteiger partial charge in [-0.3, -0.25) is 9.59 Å². The van der Waals surface area contributed by atoms with Crippen LogP contribution in [0.25, 0.3) is 0 Å². The second-order valence-corrected chi connectivity index (χ2v) is 7.13. The lowest BCUT2D eigenvalue weighted by atomic mass is 10.0. The first-order valence-electron chi connectivity index (χ1n) is 9.42. The van der Waals surface area contributed by atoms with E-state index in [0.29, 0.717) is 30.3 Å². The Labute approximate surface area is 165 Å². The average molecular weight is 382 g/mol. The molecular weight excluding hydrogens is 356 g/mol. The highest BCUT2D eigenvalue weighted by molar-refractivity contribution is 5.95. The maximum Gasteiger partial charge on any atom is 0.253 e. The molecule has 148 valence electrons. The van der Waals surface area contributed by atoms with Crippen LogP contribution in [0.15, 0.2) is 48.5 Å². The van der Waals surface area contributed by atoms with Crippen molar-refractivity contribution in [3.05, 3.63) is 59.7 Å². The SMILES string of the molecule is COc1cccc(N2CC(CNC(=O)c3ccc(C(C)C)cc3)OCC2=O)c1. The van der Waals surface area contributed by atoms with Gasteiger partial charge in [-0.25, -0.2) is 0 Å². The second kappa shape index (κ2) is 8.89. The molecule has 0 spiro atoms. The Morgan fingerprint density at radius 1 is 1.25 bits per heavy atom. The number of anilines is 1. The van der Waals surface area contributed by atoms with Gasteiger partial charge >= 0.3 is 0 Å². The fourth-order valence-corrected chi connectivity index (χ4v) is 3.10. The number of amides is 2. The quantitative estimate of drug-likeness (QED) is 0.834. The molecule has 6 heteroatoms. The van der Waals surface area contributed by atoms with E-state index in [-0.39, 0.29) is 24.5 Å². The summed E-state index contributed by atoms with van der Waals surface area (Å²) in [6, 6.07) is 15.0. The summed E-state index contributed by atoms with van der Waals surface area (Å²) in [6.07, 6.45) is -0.275. The molecule has 1 saturated heterocycles. The van der Waals surface area contributed by atoms with Gasteiger partial charge in [0.05, 0.1) is 19.8 Å². The molecule has 1 N–H and O–H groups in total. The number of nitrogens with one attached hydrogen (secondary N) is 1. The highest BCUT2D eigenvalue weighted by Crippen LogP contribution is 2.23. The van der Waals surface area contributed by atoms with Crippen LogP contribution in [-0.4, -0.2) is 44.7 Å². The van der Waals surface area contributed by atoms with E-state index in [0.717, 1.165) is 5.69 Å². The Bertz CT molecular complexity index is 833. The first-order valence-corrected chi connectivity index (χ1v) is 9.42. The molecule has 1 unspecified atom stereocenters. The van der Waals surface area contributed by atoms with Crippen LogP contribution in [-0.2, 0) is 9.53 Å². The predicted molar refractivity (Wildman–Crippen MR) is 108 cm³/mol. The minimum atomic E-state index is -0.275. The monoisotopic (exact) mass is 382 g/mol. The van der Waals surface area contributed by atoms with Gasteiger partial charge in [0.15, 0.2) is 0 Å². The molecule has 1 atom stereocenters. The molecule has 2 aromatic rings. The van der Waals surface area contributed by atoms with Gasteiger partial charge in [0.1, 0.15) is 12.4 Å². The van der Waals surface area contributed by atoms with Gasteiger partial charge in [0.25, 0.3) is 11.8 Å². The summed E-state index contributed by atoms with van der Waals surface area (Å²) < 4.78 is 10.8. The third-order valence-electron chi connectivity index (χ3n) is 4.82. The van der Waals surface area contributed by atoms with Crippen molar-refractivity contribution in [2.75, 3.05) is 31.7 Å². The number of hydrogen-bond acceptors (Lipinski definition) is 4. The van der Waals surface area contributed by atoms with E-state index in [1.54, 1.807) is 12.0 Å². The zero-order chi connectivity index (χ0) is 20.1. The summed E-state index contributed by atoms with van der Waals surface area (Å²) in [5, 5.41) is 2.90. The highest BCUT2D eigenvalue weighted by Gasteiger charge is 2.28. The van der Waals surface area contributed by atoms with Crippen LogP contribution in [0.2, 0.25) is 0 Å². The number of nitrogens with zero attached hydrogens (tertiary/aromatic N) is 1. The number of methoxy groups -OCH3 is 1. The number of benzene rings is 2. The van der Waals surface area contributed by atoms with E-state index >= 15 is 0 Å². The number of hydrogen-bond donors (Lipinski definition) is 1. The summed E-state index contributed by atoms with van der Waals surface area (Å²) >= 11 is 0. The molecule has 1 heterocycles. The Morgan fingerprint density at radius 2 is 2.00 bits per heavy atom. The molecule has 0 radical (unpaired) electrons. The van der Waals surface area contributed by atoms with Crippen molar-refractivity contribution >= 4 is 17.5 Å². The lowest BCUT2D eigenvalue weighted by molar-refractivity contribution is -0.129. The van der Waals surface area contributed by atoms with E-state index in [1.807, 2.05) is 48.5 Å². The van der Waals surface area contributed by atoms with Crippen molar-refractivity contribution in [1.82, 2.24) is 5.32 Å². The summed E-state index contributed by atoms with van der Waals surface area (Å²) in [5.74, 6) is 0.850. The molecule has 28 heavy (non-hydrogen) atoms. The third-order valence-corrected chi connectivity index (χ3v) is 4.82. The lowest BCUT2D eigenvalue weighted by Gasteiger charge is -2.33. The van der Waals surface area contributed by atoms with E-state index in [1.165, 1.54) is 5.56 Å². The molecule has 6 nitrogen and oxygen atoms in total. The van der Waals surface area contributed by atoms with Gasteiger partial charge in [-0.1, -0.05) is 32.0 Å². The van der Waals surface area contributed by atoms with Crippen LogP contribution in [0.1, 0.15) is 35.7 Å². The Hall–Kier alpha value is -2.86. The van der Waals surface area contributed by atoms with Gasteiger partial charge < -0.3 is 19.7 Å². The molecule has 1 aliphatic heterocycles. The lowest BCUT2D eigenvalue weighted by Crippen LogP contribution is -2.50. The number of carbonyl (C=O) groups is 2. The van der Waals surface area contributed by atoms with Crippen molar-refractivity contribution < 1.29 is 19.1 Å². The topological polar surface area (TPSA) is 67.9 Å². The van der Waals surface area contributed by atoms with E-state index < -0.39 is 0 Å². The third kappa shape index (κ3) is 4.70. The second-order valence-electron chi connectivity index (χ2n) is 7.13. The highest BCUT2D eigenvalue weighted by atomic mass is 16.5.